The van der Waals surface area contributed by atoms with Crippen LogP contribution >= 0.6 is 0 Å². The lowest BCUT2D eigenvalue weighted by molar-refractivity contribution is -0.137. The molecule has 0 radical (unpaired) electrons. The van der Waals surface area contributed by atoms with Crippen LogP contribution in [0.3, 0.4) is 0 Å². The summed E-state index contributed by atoms with van der Waals surface area (Å²) < 4.78 is 0. The van der Waals surface area contributed by atoms with Crippen molar-refractivity contribution in [2.45, 2.75) is 32.3 Å². The average molecular weight is 196 g/mol. The van der Waals surface area contributed by atoms with Gasteiger partial charge in [-0.25, -0.2) is 0 Å². The van der Waals surface area contributed by atoms with Crippen LogP contribution in [0, 0.1) is 17.2 Å². The van der Waals surface area contributed by atoms with E-state index in [1.54, 1.807) is 18.7 Å². The van der Waals surface area contributed by atoms with Crippen molar-refractivity contribution in [1.82, 2.24) is 4.90 Å². The topological polar surface area (TPSA) is 64.3 Å². The summed E-state index contributed by atoms with van der Waals surface area (Å²) in [6.07, 6.45) is 1.19. The summed E-state index contributed by atoms with van der Waals surface area (Å²) in [5.41, 5.74) is -0.646. The third kappa shape index (κ3) is 2.46. The van der Waals surface area contributed by atoms with E-state index < -0.39 is 11.5 Å². The minimum Gasteiger partial charge on any atom is -0.390 e. The van der Waals surface area contributed by atoms with Crippen LogP contribution in [0.15, 0.2) is 0 Å². The van der Waals surface area contributed by atoms with Crippen LogP contribution in [-0.2, 0) is 4.79 Å². The van der Waals surface area contributed by atoms with Crippen LogP contribution in [0.1, 0.15) is 26.7 Å². The lowest BCUT2D eigenvalue weighted by Crippen LogP contribution is -2.46. The van der Waals surface area contributed by atoms with E-state index in [0.29, 0.717) is 25.9 Å². The van der Waals surface area contributed by atoms with Crippen molar-refractivity contribution in [3.8, 4) is 6.07 Å². The SMILES string of the molecule is CC(C#N)C(=O)N1CCC(C)(O)CC1. The van der Waals surface area contributed by atoms with E-state index in [9.17, 15) is 9.90 Å². The van der Waals surface area contributed by atoms with Gasteiger partial charge in [-0.15, -0.1) is 0 Å². The molecule has 1 saturated heterocycles. The highest BCUT2D eigenvalue weighted by molar-refractivity contribution is 5.80. The molecule has 0 aromatic heterocycles. The molecule has 4 heteroatoms. The van der Waals surface area contributed by atoms with Gasteiger partial charge in [-0.05, 0) is 26.7 Å². The molecule has 4 nitrogen and oxygen atoms in total. The normalized spacial score (nSPS) is 22.6. The number of carbonyl (C=O) groups is 1. The maximum Gasteiger partial charge on any atom is 0.239 e. The van der Waals surface area contributed by atoms with Gasteiger partial charge in [0.2, 0.25) is 5.91 Å². The number of hydrogen-bond acceptors (Lipinski definition) is 3. The summed E-state index contributed by atoms with van der Waals surface area (Å²) >= 11 is 0. The van der Waals surface area contributed by atoms with Gasteiger partial charge in [0.25, 0.3) is 0 Å². The minimum absolute atomic E-state index is 0.122. The Morgan fingerprint density at radius 2 is 2.07 bits per heavy atom. The molecule has 0 aromatic rings. The Kier molecular flexibility index (Phi) is 3.12. The second-order valence-electron chi connectivity index (χ2n) is 4.17. The highest BCUT2D eigenvalue weighted by atomic mass is 16.3. The fourth-order valence-corrected chi connectivity index (χ4v) is 1.54. The summed E-state index contributed by atoms with van der Waals surface area (Å²) in [5.74, 6) is -0.693. The Morgan fingerprint density at radius 1 is 1.57 bits per heavy atom. The molecular weight excluding hydrogens is 180 g/mol. The first kappa shape index (κ1) is 11.0. The quantitative estimate of drug-likeness (QED) is 0.665. The maximum atomic E-state index is 11.6. The molecule has 0 aliphatic carbocycles. The molecule has 1 unspecified atom stereocenters. The smallest absolute Gasteiger partial charge is 0.239 e. The van der Waals surface area contributed by atoms with Crippen molar-refractivity contribution in [2.75, 3.05) is 13.1 Å². The first-order valence-electron chi connectivity index (χ1n) is 4.87. The van der Waals surface area contributed by atoms with E-state index in [0.717, 1.165) is 0 Å². The van der Waals surface area contributed by atoms with E-state index in [1.807, 2.05) is 6.07 Å². The summed E-state index contributed by atoms with van der Waals surface area (Å²) in [4.78, 5) is 13.2. The number of nitrogens with zero attached hydrogens (tertiary/aromatic N) is 2. The van der Waals surface area contributed by atoms with Crippen molar-refractivity contribution in [1.29, 1.82) is 5.26 Å². The monoisotopic (exact) mass is 196 g/mol. The van der Waals surface area contributed by atoms with Gasteiger partial charge in [0.1, 0.15) is 5.92 Å². The molecule has 1 heterocycles. The van der Waals surface area contributed by atoms with Crippen molar-refractivity contribution < 1.29 is 9.90 Å². The largest absolute Gasteiger partial charge is 0.390 e. The first-order chi connectivity index (χ1) is 6.46. The van der Waals surface area contributed by atoms with Crippen LogP contribution in [0.5, 0.6) is 0 Å². The molecule has 0 aromatic carbocycles. The summed E-state index contributed by atoms with van der Waals surface area (Å²) in [6.45, 7) is 4.49. The van der Waals surface area contributed by atoms with Crippen molar-refractivity contribution in [2.24, 2.45) is 5.92 Å². The Labute approximate surface area is 84.1 Å². The number of piperidine rings is 1. The fraction of sp³-hybridized carbons (Fsp3) is 0.800. The molecule has 1 amide bonds. The number of nitriles is 1. The second kappa shape index (κ2) is 3.97. The Balaban J connectivity index is 2.51. The number of carbonyl (C=O) groups excluding carboxylic acids is 1. The molecule has 0 saturated carbocycles. The van der Waals surface area contributed by atoms with Gasteiger partial charge in [0.05, 0.1) is 11.7 Å². The summed E-state index contributed by atoms with van der Waals surface area (Å²) in [6, 6.07) is 1.93. The van der Waals surface area contributed by atoms with Crippen molar-refractivity contribution in [3.63, 3.8) is 0 Å². The lowest BCUT2D eigenvalue weighted by Gasteiger charge is -2.36. The van der Waals surface area contributed by atoms with E-state index in [-0.39, 0.29) is 5.91 Å². The third-order valence-corrected chi connectivity index (χ3v) is 2.72. The van der Waals surface area contributed by atoms with E-state index in [1.165, 1.54) is 0 Å². The molecule has 1 atom stereocenters. The predicted octanol–water partition coefficient (Wildman–Crippen LogP) is 0.519. The minimum atomic E-state index is -0.646. The van der Waals surface area contributed by atoms with Crippen molar-refractivity contribution >= 4 is 5.91 Å². The van der Waals surface area contributed by atoms with Crippen LogP contribution in [-0.4, -0.2) is 34.6 Å². The molecule has 78 valence electrons. The zero-order chi connectivity index (χ0) is 10.8. The molecule has 14 heavy (non-hydrogen) atoms. The van der Waals surface area contributed by atoms with Crippen LogP contribution in [0.2, 0.25) is 0 Å². The second-order valence-corrected chi connectivity index (χ2v) is 4.17. The lowest BCUT2D eigenvalue weighted by atomic mass is 9.93. The van der Waals surface area contributed by atoms with E-state index >= 15 is 0 Å². The van der Waals surface area contributed by atoms with Gasteiger partial charge in [-0.3, -0.25) is 4.79 Å². The molecule has 1 aliphatic heterocycles. The number of amides is 1. The average Bonchev–Trinajstić information content (AvgIpc) is 2.15. The highest BCUT2D eigenvalue weighted by Gasteiger charge is 2.31. The van der Waals surface area contributed by atoms with Crippen LogP contribution < -0.4 is 0 Å². The number of aliphatic hydroxyl groups is 1. The molecular formula is C10H16N2O2. The molecule has 0 bridgehead atoms. The molecule has 1 aliphatic rings. The zero-order valence-corrected chi connectivity index (χ0v) is 8.66. The Hall–Kier alpha value is -1.08. The number of hydrogen-bond donors (Lipinski definition) is 1. The fourth-order valence-electron chi connectivity index (χ4n) is 1.54. The first-order valence-corrected chi connectivity index (χ1v) is 4.87. The third-order valence-electron chi connectivity index (χ3n) is 2.72. The van der Waals surface area contributed by atoms with Gasteiger partial charge >= 0.3 is 0 Å². The van der Waals surface area contributed by atoms with E-state index in [2.05, 4.69) is 0 Å². The maximum absolute atomic E-state index is 11.6. The predicted molar refractivity (Wildman–Crippen MR) is 51.2 cm³/mol. The number of likely N-dealkylation sites (tertiary alicyclic amines) is 1. The standard InChI is InChI=1S/C10H16N2O2/c1-8(7-11)9(13)12-5-3-10(2,14)4-6-12/h8,14H,3-6H2,1-2H3. The van der Waals surface area contributed by atoms with Gasteiger partial charge in [0, 0.05) is 13.1 Å². The van der Waals surface area contributed by atoms with Crippen LogP contribution in [0.4, 0.5) is 0 Å². The van der Waals surface area contributed by atoms with Gasteiger partial charge < -0.3 is 10.0 Å². The van der Waals surface area contributed by atoms with E-state index in [4.69, 9.17) is 5.26 Å². The Morgan fingerprint density at radius 3 is 2.50 bits per heavy atom. The molecule has 1 fully saturated rings. The Bertz CT molecular complexity index is 258. The van der Waals surface area contributed by atoms with Gasteiger partial charge in [-0.2, -0.15) is 5.26 Å². The number of rotatable bonds is 1. The summed E-state index contributed by atoms with van der Waals surface area (Å²) in [5, 5.41) is 18.3. The molecule has 1 N–H and O–H groups in total. The van der Waals surface area contributed by atoms with Crippen molar-refractivity contribution in [3.05, 3.63) is 0 Å². The van der Waals surface area contributed by atoms with Gasteiger partial charge in [-0.1, -0.05) is 0 Å². The van der Waals surface area contributed by atoms with Gasteiger partial charge in [0.15, 0.2) is 0 Å². The zero-order valence-electron chi connectivity index (χ0n) is 8.66. The molecule has 1 rings (SSSR count). The molecule has 0 spiro atoms. The van der Waals surface area contributed by atoms with Crippen LogP contribution in [0.25, 0.3) is 0 Å². The highest BCUT2D eigenvalue weighted by Crippen LogP contribution is 2.21. The summed E-state index contributed by atoms with van der Waals surface area (Å²) in [7, 11) is 0.